The van der Waals surface area contributed by atoms with Crippen molar-refractivity contribution in [3.63, 3.8) is 0 Å². The largest absolute Gasteiger partial charge is 0.314 e. The molecule has 0 radical (unpaired) electrons. The summed E-state index contributed by atoms with van der Waals surface area (Å²) in [4.78, 5) is 2.48. The molecule has 2 nitrogen and oxygen atoms in total. The molecule has 0 bridgehead atoms. The molecule has 0 aliphatic carbocycles. The summed E-state index contributed by atoms with van der Waals surface area (Å²) in [5.74, 6) is 3.38. The van der Waals surface area contributed by atoms with E-state index in [1.807, 2.05) is 13.8 Å². The van der Waals surface area contributed by atoms with Gasteiger partial charge in [0.2, 0.25) is 0 Å². The second-order valence-electron chi connectivity index (χ2n) is 8.87. The quantitative estimate of drug-likeness (QED) is 0.508. The van der Waals surface area contributed by atoms with Gasteiger partial charge in [-0.05, 0) is 69.5 Å². The summed E-state index contributed by atoms with van der Waals surface area (Å²) >= 11 is 0. The lowest BCUT2D eigenvalue weighted by molar-refractivity contribution is 0.250. The maximum absolute atomic E-state index is 3.46. The molecule has 2 heterocycles. The van der Waals surface area contributed by atoms with Crippen molar-refractivity contribution in [3.8, 4) is 0 Å². The first-order valence-electron chi connectivity index (χ1n) is 11.1. The van der Waals surface area contributed by atoms with Crippen molar-refractivity contribution in [1.29, 1.82) is 0 Å². The lowest BCUT2D eigenvalue weighted by atomic mass is 10.0. The zero-order valence-corrected chi connectivity index (χ0v) is 19.7. The number of nitrogens with one attached hydrogen (secondary N) is 1. The first-order valence-corrected chi connectivity index (χ1v) is 11.1. The van der Waals surface area contributed by atoms with E-state index in [1.165, 1.54) is 38.8 Å². The van der Waals surface area contributed by atoms with Crippen molar-refractivity contribution in [2.45, 2.75) is 129 Å². The van der Waals surface area contributed by atoms with E-state index in [4.69, 9.17) is 0 Å². The number of likely N-dealkylation sites (tertiary alicyclic amines) is 1. The van der Waals surface area contributed by atoms with Gasteiger partial charge in [-0.2, -0.15) is 0 Å². The Hall–Kier alpha value is -0.0800. The van der Waals surface area contributed by atoms with Crippen molar-refractivity contribution < 1.29 is 0 Å². The maximum Gasteiger partial charge on any atom is 0.0116 e. The van der Waals surface area contributed by atoms with Crippen LogP contribution < -0.4 is 5.32 Å². The van der Waals surface area contributed by atoms with Gasteiger partial charge in [-0.25, -0.2) is 0 Å². The van der Waals surface area contributed by atoms with Crippen LogP contribution in [0.15, 0.2) is 0 Å². The lowest BCUT2D eigenvalue weighted by Crippen LogP contribution is -2.29. The predicted molar refractivity (Wildman–Crippen MR) is 138 cm³/mol. The fraction of sp³-hybridized carbons (Fsp3) is 1.00. The number of hydrogen-bond acceptors (Lipinski definition) is 2. The van der Waals surface area contributed by atoms with Crippen LogP contribution in [0, 0.1) is 23.7 Å². The summed E-state index contributed by atoms with van der Waals surface area (Å²) in [6.07, 6.45) is 5.58. The SMILES string of the molecule is C.C.C.CC.CC(C)C(C)C.CC(C)[C@@H]1CCCN1.CC(C)[C@@H]1CCCN1C. The van der Waals surface area contributed by atoms with Gasteiger partial charge in [-0.3, -0.25) is 0 Å². The molecule has 2 aliphatic rings. The van der Waals surface area contributed by atoms with Crippen molar-refractivity contribution >= 4 is 0 Å². The van der Waals surface area contributed by atoms with Crippen molar-refractivity contribution in [2.24, 2.45) is 23.7 Å². The summed E-state index contributed by atoms with van der Waals surface area (Å²) in [6, 6.07) is 1.68. The van der Waals surface area contributed by atoms with Crippen molar-refractivity contribution in [1.82, 2.24) is 10.2 Å². The zero-order valence-electron chi connectivity index (χ0n) is 19.7. The molecule has 2 aliphatic heterocycles. The summed E-state index contributed by atoms with van der Waals surface area (Å²) in [6.45, 7) is 24.7. The molecule has 0 aromatic heterocycles. The van der Waals surface area contributed by atoms with Crippen LogP contribution in [0.1, 0.15) is 117 Å². The van der Waals surface area contributed by atoms with Gasteiger partial charge in [0, 0.05) is 12.1 Å². The molecule has 0 aromatic carbocycles. The Morgan fingerprint density at radius 3 is 1.32 bits per heavy atom. The summed E-state index contributed by atoms with van der Waals surface area (Å²) < 4.78 is 0. The third-order valence-corrected chi connectivity index (χ3v) is 5.58. The van der Waals surface area contributed by atoms with E-state index in [1.54, 1.807) is 0 Å². The Bertz CT molecular complexity index is 260. The van der Waals surface area contributed by atoms with Gasteiger partial charge < -0.3 is 10.2 Å². The van der Waals surface area contributed by atoms with Crippen molar-refractivity contribution in [3.05, 3.63) is 0 Å². The van der Waals surface area contributed by atoms with E-state index in [-0.39, 0.29) is 22.3 Å². The monoisotopic (exact) mass is 405 g/mol. The minimum Gasteiger partial charge on any atom is -0.314 e. The average Bonchev–Trinajstić information content (AvgIpc) is 3.21. The zero-order chi connectivity index (χ0) is 20.0. The number of nitrogens with zero attached hydrogens (tertiary/aromatic N) is 1. The van der Waals surface area contributed by atoms with Gasteiger partial charge in [0.25, 0.3) is 0 Å². The molecule has 28 heavy (non-hydrogen) atoms. The second-order valence-corrected chi connectivity index (χ2v) is 8.87. The highest BCUT2D eigenvalue weighted by molar-refractivity contribution is 4.78. The Morgan fingerprint density at radius 1 is 0.714 bits per heavy atom. The smallest absolute Gasteiger partial charge is 0.0116 e. The predicted octanol–water partition coefficient (Wildman–Crippen LogP) is 8.36. The maximum atomic E-state index is 3.46. The molecule has 2 atom stereocenters. The highest BCUT2D eigenvalue weighted by atomic mass is 15.1. The molecule has 0 spiro atoms. The third kappa shape index (κ3) is 19.2. The molecule has 2 heteroatoms. The molecular weight excluding hydrogens is 340 g/mol. The van der Waals surface area contributed by atoms with E-state index in [2.05, 4.69) is 72.7 Å². The van der Waals surface area contributed by atoms with Crippen molar-refractivity contribution in [2.75, 3.05) is 20.1 Å². The Balaban J connectivity index is -0.0000000874. The molecule has 2 fully saturated rings. The van der Waals surface area contributed by atoms with Gasteiger partial charge in [0.1, 0.15) is 0 Å². The average molecular weight is 405 g/mol. The standard InChI is InChI=1S/C8H17N.C7H15N.C6H14.C2H6.3CH4/c1-7(2)8-5-4-6-9(8)3;1-6(2)7-4-3-5-8-7;1-5(2)6(3)4;1-2;;;/h7-8H,4-6H2,1-3H3;6-8H,3-5H2,1-2H3;5-6H,1-4H3;1-2H3;3*1H4/t8-;7-;;;;;/m00...../s1. The van der Waals surface area contributed by atoms with Crippen LogP contribution in [0.25, 0.3) is 0 Å². The van der Waals surface area contributed by atoms with E-state index >= 15 is 0 Å². The third-order valence-electron chi connectivity index (χ3n) is 5.58. The first kappa shape index (κ1) is 38.5. The highest BCUT2D eigenvalue weighted by Crippen LogP contribution is 2.21. The fourth-order valence-corrected chi connectivity index (χ4v) is 3.06. The van der Waals surface area contributed by atoms with E-state index in [0.717, 1.165) is 35.8 Å². The van der Waals surface area contributed by atoms with Crippen LogP contribution in [-0.2, 0) is 0 Å². The fourth-order valence-electron chi connectivity index (χ4n) is 3.06. The number of rotatable bonds is 3. The van der Waals surface area contributed by atoms with Gasteiger partial charge in [-0.15, -0.1) is 0 Å². The molecule has 2 saturated heterocycles. The van der Waals surface area contributed by atoms with Gasteiger partial charge in [-0.1, -0.05) is 91.5 Å². The van der Waals surface area contributed by atoms with Gasteiger partial charge >= 0.3 is 0 Å². The van der Waals surface area contributed by atoms with Crippen LogP contribution >= 0.6 is 0 Å². The van der Waals surface area contributed by atoms with Gasteiger partial charge in [0.15, 0.2) is 0 Å². The van der Waals surface area contributed by atoms with E-state index < -0.39 is 0 Å². The Morgan fingerprint density at radius 2 is 1.18 bits per heavy atom. The minimum absolute atomic E-state index is 0. The molecule has 1 N–H and O–H groups in total. The molecule has 0 amide bonds. The molecule has 2 rings (SSSR count). The van der Waals surface area contributed by atoms with Crippen LogP contribution in [0.4, 0.5) is 0 Å². The van der Waals surface area contributed by atoms with Crippen LogP contribution in [0.3, 0.4) is 0 Å². The van der Waals surface area contributed by atoms with Crippen LogP contribution in [0.2, 0.25) is 0 Å². The first-order chi connectivity index (χ1) is 11.7. The Labute approximate surface area is 183 Å². The van der Waals surface area contributed by atoms with E-state index in [9.17, 15) is 0 Å². The normalized spacial score (nSPS) is 20.7. The summed E-state index contributed by atoms with van der Waals surface area (Å²) in [5.41, 5.74) is 0. The van der Waals surface area contributed by atoms with Crippen LogP contribution in [0.5, 0.6) is 0 Å². The topological polar surface area (TPSA) is 15.3 Å². The Kier molecular flexibility index (Phi) is 31.9. The number of hydrogen-bond donors (Lipinski definition) is 1. The summed E-state index contributed by atoms with van der Waals surface area (Å²) in [5, 5.41) is 3.46. The summed E-state index contributed by atoms with van der Waals surface area (Å²) in [7, 11) is 2.23. The minimum atomic E-state index is 0. The van der Waals surface area contributed by atoms with E-state index in [0.29, 0.717) is 0 Å². The molecule has 0 saturated carbocycles. The molecule has 0 unspecified atom stereocenters. The van der Waals surface area contributed by atoms with Gasteiger partial charge in [0.05, 0.1) is 0 Å². The second kappa shape index (κ2) is 23.2. The lowest BCUT2D eigenvalue weighted by Gasteiger charge is -2.22. The molecular formula is C26H64N2. The molecule has 178 valence electrons. The van der Waals surface area contributed by atoms with Crippen LogP contribution in [-0.4, -0.2) is 37.1 Å². The molecule has 0 aromatic rings. The highest BCUT2D eigenvalue weighted by Gasteiger charge is 2.22.